The van der Waals surface area contributed by atoms with E-state index >= 15 is 0 Å². The molecule has 3 nitrogen and oxygen atoms in total. The summed E-state index contributed by atoms with van der Waals surface area (Å²) in [5, 5.41) is 1.62. The first-order valence-corrected chi connectivity index (χ1v) is 4.53. The van der Waals surface area contributed by atoms with Crippen LogP contribution in [0.25, 0.3) is 0 Å². The number of carbonyl (C=O) groups excluding carboxylic acids is 1. The smallest absolute Gasteiger partial charge is 0.357 e. The van der Waals surface area contributed by atoms with Crippen molar-refractivity contribution in [3.63, 3.8) is 0 Å². The van der Waals surface area contributed by atoms with E-state index in [1.54, 1.807) is 17.2 Å². The predicted octanol–water partition coefficient (Wildman–Crippen LogP) is 1.63. The number of hydrogen-bond acceptors (Lipinski definition) is 3. The van der Waals surface area contributed by atoms with Crippen LogP contribution in [-0.4, -0.2) is 24.1 Å². The maximum atomic E-state index is 11.5. The van der Waals surface area contributed by atoms with E-state index in [1.807, 2.05) is 30.4 Å². The lowest BCUT2D eigenvalue weighted by Crippen LogP contribution is -2.24. The zero-order valence-corrected chi connectivity index (χ0v) is 7.72. The Morgan fingerprint density at radius 2 is 1.79 bits per heavy atom. The Kier molecular flexibility index (Phi) is 2.60. The normalized spacial score (nSPS) is 15.7. The lowest BCUT2D eigenvalue weighted by molar-refractivity contribution is -0.0888. The van der Waals surface area contributed by atoms with Crippen molar-refractivity contribution < 1.29 is 9.63 Å². The van der Waals surface area contributed by atoms with E-state index < -0.39 is 0 Å². The molecule has 1 aliphatic heterocycles. The fourth-order valence-corrected chi connectivity index (χ4v) is 1.28. The number of nitrogens with zero attached hydrogens (tertiary/aromatic N) is 1. The van der Waals surface area contributed by atoms with Crippen LogP contribution in [0.1, 0.15) is 10.4 Å². The third-order valence-electron chi connectivity index (χ3n) is 2.01. The van der Waals surface area contributed by atoms with E-state index in [1.165, 1.54) is 0 Å². The number of benzene rings is 1. The van der Waals surface area contributed by atoms with Gasteiger partial charge in [0.1, 0.15) is 0 Å². The second kappa shape index (κ2) is 4.07. The molecule has 0 bridgehead atoms. The molecule has 0 aliphatic carbocycles. The van der Waals surface area contributed by atoms with Crippen LogP contribution in [0.5, 0.6) is 0 Å². The van der Waals surface area contributed by atoms with E-state index in [2.05, 4.69) is 0 Å². The van der Waals surface area contributed by atoms with Gasteiger partial charge in [-0.25, -0.2) is 4.79 Å². The minimum Gasteiger partial charge on any atom is -0.363 e. The van der Waals surface area contributed by atoms with Crippen LogP contribution >= 0.6 is 0 Å². The second-order valence-corrected chi connectivity index (χ2v) is 3.06. The highest BCUT2D eigenvalue weighted by atomic mass is 16.7. The number of hydrogen-bond donors (Lipinski definition) is 0. The van der Waals surface area contributed by atoms with Gasteiger partial charge in [0.15, 0.2) is 0 Å². The Morgan fingerprint density at radius 1 is 1.14 bits per heavy atom. The van der Waals surface area contributed by atoms with Crippen LogP contribution in [0.3, 0.4) is 0 Å². The summed E-state index contributed by atoms with van der Waals surface area (Å²) in [7, 11) is 0. The van der Waals surface area contributed by atoms with E-state index in [-0.39, 0.29) is 5.97 Å². The molecule has 0 unspecified atom stereocenters. The molecular weight excluding hydrogens is 178 g/mol. The Bertz CT molecular complexity index is 338. The highest BCUT2D eigenvalue weighted by Crippen LogP contribution is 2.05. The highest BCUT2D eigenvalue weighted by Gasteiger charge is 2.13. The van der Waals surface area contributed by atoms with Crippen molar-refractivity contribution in [2.75, 3.05) is 13.1 Å². The van der Waals surface area contributed by atoms with Gasteiger partial charge in [-0.2, -0.15) is 0 Å². The largest absolute Gasteiger partial charge is 0.363 e. The Morgan fingerprint density at radius 3 is 2.43 bits per heavy atom. The van der Waals surface area contributed by atoms with Crippen LogP contribution in [0.2, 0.25) is 0 Å². The minimum atomic E-state index is -0.297. The highest BCUT2D eigenvalue weighted by molar-refractivity contribution is 5.89. The summed E-state index contributed by atoms with van der Waals surface area (Å²) in [5.41, 5.74) is 0.583. The molecule has 0 N–H and O–H groups in total. The monoisotopic (exact) mass is 189 g/mol. The number of carbonyl (C=O) groups is 1. The fraction of sp³-hybridized carbons (Fsp3) is 0.182. The third kappa shape index (κ3) is 2.00. The summed E-state index contributed by atoms with van der Waals surface area (Å²) in [6, 6.07) is 8.99. The van der Waals surface area contributed by atoms with Gasteiger partial charge in [-0.15, -0.1) is 5.06 Å². The molecule has 0 spiro atoms. The van der Waals surface area contributed by atoms with Gasteiger partial charge in [0.05, 0.1) is 18.7 Å². The standard InChI is InChI=1S/C11H11NO2/c13-11(10-6-2-1-3-7-10)14-12-8-4-5-9-12/h1-7H,8-9H2. The Labute approximate surface area is 82.5 Å². The van der Waals surface area contributed by atoms with Crippen LogP contribution < -0.4 is 0 Å². The van der Waals surface area contributed by atoms with Crippen molar-refractivity contribution in [2.45, 2.75) is 0 Å². The molecule has 72 valence electrons. The Hall–Kier alpha value is -1.61. The van der Waals surface area contributed by atoms with Gasteiger partial charge in [0.2, 0.25) is 0 Å². The molecule has 14 heavy (non-hydrogen) atoms. The van der Waals surface area contributed by atoms with Gasteiger partial charge in [0.25, 0.3) is 0 Å². The van der Waals surface area contributed by atoms with Gasteiger partial charge in [-0.3, -0.25) is 0 Å². The molecule has 0 radical (unpaired) electrons. The zero-order chi connectivity index (χ0) is 9.80. The first kappa shape index (κ1) is 8.97. The summed E-state index contributed by atoms with van der Waals surface area (Å²) < 4.78 is 0. The lowest BCUT2D eigenvalue weighted by Gasteiger charge is -2.13. The molecule has 1 aromatic carbocycles. The summed E-state index contributed by atoms with van der Waals surface area (Å²) in [4.78, 5) is 16.6. The second-order valence-electron chi connectivity index (χ2n) is 3.06. The van der Waals surface area contributed by atoms with E-state index in [9.17, 15) is 4.79 Å². The molecule has 0 aromatic heterocycles. The molecule has 1 heterocycles. The Balaban J connectivity index is 1.96. The van der Waals surface area contributed by atoms with E-state index in [4.69, 9.17) is 4.84 Å². The van der Waals surface area contributed by atoms with Gasteiger partial charge in [0, 0.05) is 0 Å². The molecular formula is C11H11NO2. The van der Waals surface area contributed by atoms with Crippen LogP contribution in [-0.2, 0) is 4.84 Å². The van der Waals surface area contributed by atoms with Crippen LogP contribution in [0, 0.1) is 0 Å². The van der Waals surface area contributed by atoms with Crippen molar-refractivity contribution in [2.24, 2.45) is 0 Å². The van der Waals surface area contributed by atoms with E-state index in [0.717, 1.165) is 0 Å². The molecule has 0 amide bonds. The number of rotatable bonds is 2. The SMILES string of the molecule is O=C(ON1CC=CC1)c1ccccc1. The quantitative estimate of drug-likeness (QED) is 0.662. The maximum absolute atomic E-state index is 11.5. The lowest BCUT2D eigenvalue weighted by atomic mass is 10.2. The molecule has 0 atom stereocenters. The van der Waals surface area contributed by atoms with Crippen LogP contribution in [0.15, 0.2) is 42.5 Å². The van der Waals surface area contributed by atoms with Crippen LogP contribution in [0.4, 0.5) is 0 Å². The molecule has 3 heteroatoms. The van der Waals surface area contributed by atoms with Gasteiger partial charge in [-0.05, 0) is 12.1 Å². The van der Waals surface area contributed by atoms with Gasteiger partial charge >= 0.3 is 5.97 Å². The summed E-state index contributed by atoms with van der Waals surface area (Å²) in [6.07, 6.45) is 3.94. The molecule has 0 fully saturated rings. The van der Waals surface area contributed by atoms with Crippen molar-refractivity contribution in [1.82, 2.24) is 5.06 Å². The molecule has 2 rings (SSSR count). The van der Waals surface area contributed by atoms with Crippen molar-refractivity contribution >= 4 is 5.97 Å². The fourth-order valence-electron chi connectivity index (χ4n) is 1.28. The zero-order valence-electron chi connectivity index (χ0n) is 7.72. The third-order valence-corrected chi connectivity index (χ3v) is 2.01. The summed E-state index contributed by atoms with van der Waals surface area (Å²) in [6.45, 7) is 1.36. The molecule has 0 saturated heterocycles. The summed E-state index contributed by atoms with van der Waals surface area (Å²) >= 11 is 0. The molecule has 1 aliphatic rings. The first-order chi connectivity index (χ1) is 6.86. The average Bonchev–Trinajstić information content (AvgIpc) is 2.72. The average molecular weight is 189 g/mol. The summed E-state index contributed by atoms with van der Waals surface area (Å²) in [5.74, 6) is -0.297. The molecule has 0 saturated carbocycles. The maximum Gasteiger partial charge on any atom is 0.357 e. The topological polar surface area (TPSA) is 29.5 Å². The van der Waals surface area contributed by atoms with E-state index in [0.29, 0.717) is 18.7 Å². The minimum absolute atomic E-state index is 0.297. The van der Waals surface area contributed by atoms with Crippen molar-refractivity contribution in [1.29, 1.82) is 0 Å². The molecule has 1 aromatic rings. The predicted molar refractivity (Wildman–Crippen MR) is 52.6 cm³/mol. The van der Waals surface area contributed by atoms with Crippen molar-refractivity contribution in [3.8, 4) is 0 Å². The first-order valence-electron chi connectivity index (χ1n) is 4.53. The van der Waals surface area contributed by atoms with Crippen molar-refractivity contribution in [3.05, 3.63) is 48.0 Å². The number of hydroxylamine groups is 2. The van der Waals surface area contributed by atoms with Gasteiger partial charge in [-0.1, -0.05) is 30.4 Å². The van der Waals surface area contributed by atoms with Gasteiger partial charge < -0.3 is 4.84 Å².